The van der Waals surface area contributed by atoms with Crippen LogP contribution in [0.5, 0.6) is 0 Å². The van der Waals surface area contributed by atoms with Crippen molar-refractivity contribution in [2.45, 2.75) is 59.1 Å². The molecule has 2 amide bonds. The van der Waals surface area contributed by atoms with Crippen molar-refractivity contribution in [2.24, 2.45) is 13.0 Å². The maximum absolute atomic E-state index is 13.1. The summed E-state index contributed by atoms with van der Waals surface area (Å²) in [5.74, 6) is 0.143. The smallest absolute Gasteiger partial charge is 0.407 e. The fraction of sp³-hybridized carbons (Fsp3) is 0.560. The lowest BCUT2D eigenvalue weighted by Gasteiger charge is -2.35. The van der Waals surface area contributed by atoms with E-state index < -0.39 is 11.7 Å². The Morgan fingerprint density at radius 3 is 2.35 bits per heavy atom. The zero-order chi connectivity index (χ0) is 25.0. The number of anilines is 1. The number of ether oxygens (including phenoxy) is 1. The molecule has 1 atom stereocenters. The van der Waals surface area contributed by atoms with Crippen LogP contribution in [0.25, 0.3) is 5.69 Å². The zero-order valence-corrected chi connectivity index (χ0v) is 21.1. The van der Waals surface area contributed by atoms with E-state index in [1.807, 2.05) is 65.0 Å². The Bertz CT molecular complexity index is 1060. The van der Waals surface area contributed by atoms with Gasteiger partial charge in [-0.15, -0.1) is 0 Å². The number of nitrogens with one attached hydrogen (secondary N) is 2. The van der Waals surface area contributed by atoms with Gasteiger partial charge in [-0.1, -0.05) is 18.2 Å². The first-order chi connectivity index (χ1) is 16.0. The summed E-state index contributed by atoms with van der Waals surface area (Å²) in [5, 5.41) is 5.71. The van der Waals surface area contributed by atoms with Gasteiger partial charge in [-0.3, -0.25) is 19.2 Å². The number of amides is 2. The summed E-state index contributed by atoms with van der Waals surface area (Å²) in [6.45, 7) is 11.3. The molecule has 1 aromatic heterocycles. The van der Waals surface area contributed by atoms with Gasteiger partial charge in [0, 0.05) is 13.6 Å². The molecule has 0 radical (unpaired) electrons. The number of hydrogen-bond donors (Lipinski definition) is 2. The highest BCUT2D eigenvalue weighted by Crippen LogP contribution is 2.20. The van der Waals surface area contributed by atoms with Gasteiger partial charge >= 0.3 is 6.09 Å². The summed E-state index contributed by atoms with van der Waals surface area (Å²) in [7, 11) is 1.80. The van der Waals surface area contributed by atoms with Crippen LogP contribution >= 0.6 is 0 Å². The standard InChI is InChI=1S/C25H37N5O4/c1-17-21(23(32)30(28(17)6)20-10-8-7-9-11-20)27-22(31)18(2)29-14-12-19(13-15-29)16-26-24(33)34-25(3,4)5/h7-11,18-19H,12-16H2,1-6H3,(H,26,33)(H,27,31). The van der Waals surface area contributed by atoms with Gasteiger partial charge in [0.15, 0.2) is 0 Å². The minimum absolute atomic E-state index is 0.198. The fourth-order valence-corrected chi connectivity index (χ4v) is 4.19. The molecule has 2 heterocycles. The Balaban J connectivity index is 1.56. The molecule has 186 valence electrons. The summed E-state index contributed by atoms with van der Waals surface area (Å²) >= 11 is 0. The molecular weight excluding hydrogens is 434 g/mol. The van der Waals surface area contributed by atoms with Gasteiger partial charge in [-0.05, 0) is 78.6 Å². The Hall–Kier alpha value is -3.07. The minimum Gasteiger partial charge on any atom is -0.444 e. The van der Waals surface area contributed by atoms with Gasteiger partial charge < -0.3 is 15.4 Å². The number of para-hydroxylation sites is 1. The van der Waals surface area contributed by atoms with Crippen molar-refractivity contribution in [3.05, 3.63) is 46.4 Å². The molecule has 34 heavy (non-hydrogen) atoms. The summed E-state index contributed by atoms with van der Waals surface area (Å²) in [6.07, 6.45) is 1.35. The van der Waals surface area contributed by atoms with Crippen molar-refractivity contribution in [3.63, 3.8) is 0 Å². The molecular formula is C25H37N5O4. The zero-order valence-electron chi connectivity index (χ0n) is 21.1. The van der Waals surface area contributed by atoms with Crippen molar-refractivity contribution < 1.29 is 14.3 Å². The second kappa shape index (κ2) is 10.5. The molecule has 2 N–H and O–H groups in total. The normalized spacial score (nSPS) is 16.2. The van der Waals surface area contributed by atoms with Gasteiger partial charge in [0.05, 0.1) is 17.4 Å². The van der Waals surface area contributed by atoms with Crippen molar-refractivity contribution in [3.8, 4) is 5.69 Å². The van der Waals surface area contributed by atoms with Crippen molar-refractivity contribution >= 4 is 17.7 Å². The average molecular weight is 472 g/mol. The van der Waals surface area contributed by atoms with Crippen LogP contribution in [0.4, 0.5) is 10.5 Å². The largest absolute Gasteiger partial charge is 0.444 e. The van der Waals surface area contributed by atoms with Crippen LogP contribution in [0.2, 0.25) is 0 Å². The minimum atomic E-state index is -0.516. The third-order valence-corrected chi connectivity index (χ3v) is 6.31. The van der Waals surface area contributed by atoms with Crippen LogP contribution < -0.4 is 16.2 Å². The number of carbonyl (C=O) groups excluding carboxylic acids is 2. The van der Waals surface area contributed by atoms with Gasteiger partial charge in [-0.25, -0.2) is 9.48 Å². The Morgan fingerprint density at radius 2 is 1.76 bits per heavy atom. The van der Waals surface area contributed by atoms with Gasteiger partial charge in [0.1, 0.15) is 11.3 Å². The number of alkyl carbamates (subject to hydrolysis) is 1. The molecule has 1 unspecified atom stereocenters. The highest BCUT2D eigenvalue weighted by Gasteiger charge is 2.29. The number of carbonyl (C=O) groups is 2. The van der Waals surface area contributed by atoms with E-state index in [2.05, 4.69) is 15.5 Å². The molecule has 0 aliphatic carbocycles. The molecule has 1 fully saturated rings. The topological polar surface area (TPSA) is 97.6 Å². The number of piperidine rings is 1. The first-order valence-electron chi connectivity index (χ1n) is 11.8. The number of aromatic nitrogens is 2. The molecule has 1 saturated heterocycles. The fourth-order valence-electron chi connectivity index (χ4n) is 4.19. The lowest BCUT2D eigenvalue weighted by atomic mass is 9.96. The molecule has 1 aliphatic heterocycles. The lowest BCUT2D eigenvalue weighted by Crippen LogP contribution is -2.47. The van der Waals surface area contributed by atoms with Crippen LogP contribution in [0.15, 0.2) is 35.1 Å². The second-order valence-corrected chi connectivity index (χ2v) is 9.96. The summed E-state index contributed by atoms with van der Waals surface area (Å²) in [6, 6.07) is 8.98. The lowest BCUT2D eigenvalue weighted by molar-refractivity contribution is -0.121. The molecule has 2 aromatic rings. The molecule has 1 aliphatic rings. The number of benzene rings is 1. The summed E-state index contributed by atoms with van der Waals surface area (Å²) < 4.78 is 8.60. The predicted octanol–water partition coefficient (Wildman–Crippen LogP) is 3.05. The van der Waals surface area contributed by atoms with Crippen LogP contribution in [0.1, 0.15) is 46.2 Å². The van der Waals surface area contributed by atoms with Gasteiger partial charge in [0.2, 0.25) is 5.91 Å². The van der Waals surface area contributed by atoms with Gasteiger partial charge in [0.25, 0.3) is 5.56 Å². The molecule has 1 aromatic carbocycles. The third kappa shape index (κ3) is 6.08. The van der Waals surface area contributed by atoms with Crippen molar-refractivity contribution in [1.82, 2.24) is 19.6 Å². The van der Waals surface area contributed by atoms with E-state index in [1.54, 1.807) is 16.4 Å². The SMILES string of the molecule is Cc1c(NC(=O)C(C)N2CCC(CNC(=O)OC(C)(C)C)CC2)c(=O)n(-c2ccccc2)n1C. The third-order valence-electron chi connectivity index (χ3n) is 6.31. The summed E-state index contributed by atoms with van der Waals surface area (Å²) in [5.41, 5.74) is 0.978. The number of hydrogen-bond acceptors (Lipinski definition) is 5. The second-order valence-electron chi connectivity index (χ2n) is 9.96. The molecule has 0 spiro atoms. The average Bonchev–Trinajstić information content (AvgIpc) is 3.00. The molecule has 3 rings (SSSR count). The van der Waals surface area contributed by atoms with Crippen LogP contribution in [0.3, 0.4) is 0 Å². The van der Waals surface area contributed by atoms with E-state index in [4.69, 9.17) is 4.74 Å². The maximum atomic E-state index is 13.1. The number of likely N-dealkylation sites (tertiary alicyclic amines) is 1. The van der Waals surface area contributed by atoms with Crippen LogP contribution in [-0.4, -0.2) is 57.5 Å². The van der Waals surface area contributed by atoms with E-state index in [9.17, 15) is 14.4 Å². The van der Waals surface area contributed by atoms with Crippen molar-refractivity contribution in [2.75, 3.05) is 25.0 Å². The Kier molecular flexibility index (Phi) is 7.86. The van der Waals surface area contributed by atoms with E-state index in [0.717, 1.165) is 31.6 Å². The molecule has 9 heteroatoms. The maximum Gasteiger partial charge on any atom is 0.407 e. The quantitative estimate of drug-likeness (QED) is 0.675. The predicted molar refractivity (Wildman–Crippen MR) is 132 cm³/mol. The summed E-state index contributed by atoms with van der Waals surface area (Å²) in [4.78, 5) is 40.1. The van der Waals surface area contributed by atoms with Gasteiger partial charge in [-0.2, -0.15) is 0 Å². The first kappa shape index (κ1) is 25.6. The van der Waals surface area contributed by atoms with Crippen molar-refractivity contribution in [1.29, 1.82) is 0 Å². The van der Waals surface area contributed by atoms with Crippen LogP contribution in [0, 0.1) is 12.8 Å². The molecule has 0 bridgehead atoms. The highest BCUT2D eigenvalue weighted by atomic mass is 16.6. The Labute approximate surface area is 201 Å². The highest BCUT2D eigenvalue weighted by molar-refractivity contribution is 5.95. The number of rotatable bonds is 6. The van der Waals surface area contributed by atoms with E-state index in [1.165, 1.54) is 0 Å². The van der Waals surface area contributed by atoms with Crippen LogP contribution in [-0.2, 0) is 16.6 Å². The molecule has 0 saturated carbocycles. The monoisotopic (exact) mass is 471 g/mol. The molecule has 9 nitrogen and oxygen atoms in total. The first-order valence-corrected chi connectivity index (χ1v) is 11.8. The van der Waals surface area contributed by atoms with E-state index in [-0.39, 0.29) is 17.5 Å². The van der Waals surface area contributed by atoms with E-state index in [0.29, 0.717) is 23.8 Å². The Morgan fingerprint density at radius 1 is 1.15 bits per heavy atom. The number of nitrogens with zero attached hydrogens (tertiary/aromatic N) is 3. The van der Waals surface area contributed by atoms with E-state index >= 15 is 0 Å².